The summed E-state index contributed by atoms with van der Waals surface area (Å²) in [6, 6.07) is 0. The van der Waals surface area contributed by atoms with E-state index in [1.807, 2.05) is 11.7 Å². The monoisotopic (exact) mass is 182 g/mol. The molecule has 2 rings (SSSR count). The second-order valence-electron chi connectivity index (χ2n) is 3.37. The molecule has 0 aromatic carbocycles. The molecule has 0 saturated carbocycles. The van der Waals surface area contributed by atoms with Gasteiger partial charge in [-0.15, -0.1) is 11.3 Å². The molecule has 0 amide bonds. The van der Waals surface area contributed by atoms with E-state index in [1.54, 1.807) is 11.3 Å². The predicted octanol–water partition coefficient (Wildman–Crippen LogP) is 1.69. The van der Waals surface area contributed by atoms with Crippen molar-refractivity contribution in [2.45, 2.75) is 19.3 Å². The number of aromatic nitrogens is 1. The number of nitrogens with one attached hydrogen (secondary N) is 1. The molecule has 12 heavy (non-hydrogen) atoms. The van der Waals surface area contributed by atoms with Crippen LogP contribution in [0.3, 0.4) is 0 Å². The van der Waals surface area contributed by atoms with Crippen LogP contribution in [0.25, 0.3) is 0 Å². The normalized spacial score (nSPS) is 19.7. The highest BCUT2D eigenvalue weighted by Gasteiger charge is 2.13. The smallest absolute Gasteiger partial charge is 0.0794 e. The molecule has 1 N–H and O–H groups in total. The summed E-state index contributed by atoms with van der Waals surface area (Å²) in [5.41, 5.74) is 1.93. The summed E-state index contributed by atoms with van der Waals surface area (Å²) < 4.78 is 0. The topological polar surface area (TPSA) is 24.9 Å². The van der Waals surface area contributed by atoms with Gasteiger partial charge in [0, 0.05) is 11.1 Å². The highest BCUT2D eigenvalue weighted by atomic mass is 32.1. The Kier molecular flexibility index (Phi) is 2.74. The fourth-order valence-electron chi connectivity index (χ4n) is 1.71. The maximum atomic E-state index is 4.09. The summed E-state index contributed by atoms with van der Waals surface area (Å²) in [7, 11) is 0. The van der Waals surface area contributed by atoms with Crippen LogP contribution in [0.5, 0.6) is 0 Å². The van der Waals surface area contributed by atoms with E-state index in [0.29, 0.717) is 0 Å². The number of piperidine rings is 1. The first kappa shape index (κ1) is 8.20. The molecular weight excluding hydrogens is 168 g/mol. The minimum Gasteiger partial charge on any atom is -0.317 e. The Morgan fingerprint density at radius 2 is 2.33 bits per heavy atom. The first-order valence-electron chi connectivity index (χ1n) is 4.53. The lowest BCUT2D eigenvalue weighted by atomic mass is 9.94. The SMILES string of the molecule is c1ncc(CC2CCNCC2)s1. The van der Waals surface area contributed by atoms with Crippen molar-refractivity contribution in [1.82, 2.24) is 10.3 Å². The van der Waals surface area contributed by atoms with E-state index in [9.17, 15) is 0 Å². The van der Waals surface area contributed by atoms with Crippen LogP contribution < -0.4 is 5.32 Å². The largest absolute Gasteiger partial charge is 0.317 e. The third-order valence-electron chi connectivity index (χ3n) is 2.43. The lowest BCUT2D eigenvalue weighted by molar-refractivity contribution is 0.374. The molecule has 2 nitrogen and oxygen atoms in total. The number of hydrogen-bond donors (Lipinski definition) is 1. The third-order valence-corrected chi connectivity index (χ3v) is 3.23. The zero-order chi connectivity index (χ0) is 8.23. The van der Waals surface area contributed by atoms with Crippen molar-refractivity contribution < 1.29 is 0 Å². The molecule has 0 bridgehead atoms. The second kappa shape index (κ2) is 4.01. The molecule has 0 aliphatic carbocycles. The Labute approximate surface area is 77.0 Å². The zero-order valence-electron chi connectivity index (χ0n) is 7.12. The van der Waals surface area contributed by atoms with Crippen LogP contribution in [0.4, 0.5) is 0 Å². The Morgan fingerprint density at radius 3 is 3.00 bits per heavy atom. The lowest BCUT2D eigenvalue weighted by Crippen LogP contribution is -2.28. The van der Waals surface area contributed by atoms with E-state index in [2.05, 4.69) is 10.3 Å². The van der Waals surface area contributed by atoms with Crippen LogP contribution in [0, 0.1) is 5.92 Å². The van der Waals surface area contributed by atoms with Crippen molar-refractivity contribution in [2.75, 3.05) is 13.1 Å². The van der Waals surface area contributed by atoms with Crippen molar-refractivity contribution in [3.05, 3.63) is 16.6 Å². The first-order chi connectivity index (χ1) is 5.95. The maximum Gasteiger partial charge on any atom is 0.0794 e. The van der Waals surface area contributed by atoms with Crippen molar-refractivity contribution in [3.8, 4) is 0 Å². The van der Waals surface area contributed by atoms with Gasteiger partial charge in [0.1, 0.15) is 0 Å². The van der Waals surface area contributed by atoms with Gasteiger partial charge in [-0.1, -0.05) is 0 Å². The van der Waals surface area contributed by atoms with Gasteiger partial charge in [0.15, 0.2) is 0 Å². The zero-order valence-corrected chi connectivity index (χ0v) is 7.94. The standard InChI is InChI=1S/C9H14N2S/c1-3-10-4-2-8(1)5-9-6-11-7-12-9/h6-8,10H,1-5H2. The van der Waals surface area contributed by atoms with Crippen molar-refractivity contribution >= 4 is 11.3 Å². The Hall–Kier alpha value is -0.410. The van der Waals surface area contributed by atoms with E-state index in [0.717, 1.165) is 5.92 Å². The molecule has 1 fully saturated rings. The Bertz CT molecular complexity index is 214. The molecule has 1 aromatic heterocycles. The van der Waals surface area contributed by atoms with Crippen LogP contribution >= 0.6 is 11.3 Å². The predicted molar refractivity (Wildman–Crippen MR) is 51.4 cm³/mol. The van der Waals surface area contributed by atoms with Gasteiger partial charge < -0.3 is 5.32 Å². The lowest BCUT2D eigenvalue weighted by Gasteiger charge is -2.21. The fourth-order valence-corrected chi connectivity index (χ4v) is 2.42. The average Bonchev–Trinajstić information content (AvgIpc) is 2.59. The molecule has 0 atom stereocenters. The summed E-state index contributed by atoms with van der Waals surface area (Å²) >= 11 is 1.79. The highest BCUT2D eigenvalue weighted by Crippen LogP contribution is 2.19. The summed E-state index contributed by atoms with van der Waals surface area (Å²) in [4.78, 5) is 5.54. The van der Waals surface area contributed by atoms with Crippen LogP contribution in [0.2, 0.25) is 0 Å². The van der Waals surface area contributed by atoms with Crippen LogP contribution in [-0.2, 0) is 6.42 Å². The molecule has 2 heterocycles. The van der Waals surface area contributed by atoms with Crippen LogP contribution in [0.15, 0.2) is 11.7 Å². The summed E-state index contributed by atoms with van der Waals surface area (Å²) in [5.74, 6) is 0.895. The summed E-state index contributed by atoms with van der Waals surface area (Å²) in [5, 5.41) is 3.38. The quantitative estimate of drug-likeness (QED) is 0.753. The van der Waals surface area contributed by atoms with Gasteiger partial charge in [0.05, 0.1) is 5.51 Å². The fraction of sp³-hybridized carbons (Fsp3) is 0.667. The van der Waals surface area contributed by atoms with E-state index in [-0.39, 0.29) is 0 Å². The maximum absolute atomic E-state index is 4.09. The van der Waals surface area contributed by atoms with Crippen LogP contribution in [-0.4, -0.2) is 18.1 Å². The van der Waals surface area contributed by atoms with Gasteiger partial charge in [-0.2, -0.15) is 0 Å². The van der Waals surface area contributed by atoms with Gasteiger partial charge in [-0.25, -0.2) is 0 Å². The summed E-state index contributed by atoms with van der Waals surface area (Å²) in [6.45, 7) is 2.40. The minimum atomic E-state index is 0.895. The average molecular weight is 182 g/mol. The molecule has 66 valence electrons. The van der Waals surface area contributed by atoms with Crippen molar-refractivity contribution in [2.24, 2.45) is 5.92 Å². The van der Waals surface area contributed by atoms with Crippen LogP contribution in [0.1, 0.15) is 17.7 Å². The molecule has 0 radical (unpaired) electrons. The van der Waals surface area contributed by atoms with Gasteiger partial charge in [0.25, 0.3) is 0 Å². The van der Waals surface area contributed by atoms with E-state index < -0.39 is 0 Å². The first-order valence-corrected chi connectivity index (χ1v) is 5.41. The van der Waals surface area contributed by atoms with Gasteiger partial charge >= 0.3 is 0 Å². The number of hydrogen-bond acceptors (Lipinski definition) is 3. The highest BCUT2D eigenvalue weighted by molar-refractivity contribution is 7.09. The van der Waals surface area contributed by atoms with E-state index in [4.69, 9.17) is 0 Å². The summed E-state index contributed by atoms with van der Waals surface area (Å²) in [6.07, 6.45) is 5.91. The van der Waals surface area contributed by atoms with E-state index >= 15 is 0 Å². The minimum absolute atomic E-state index is 0.895. The molecular formula is C9H14N2S. The molecule has 1 aliphatic rings. The number of thiazole rings is 1. The van der Waals surface area contributed by atoms with Gasteiger partial charge in [-0.3, -0.25) is 4.98 Å². The third kappa shape index (κ3) is 2.05. The Balaban J connectivity index is 1.86. The molecule has 1 aromatic rings. The van der Waals surface area contributed by atoms with Gasteiger partial charge in [0.2, 0.25) is 0 Å². The molecule has 0 unspecified atom stereocenters. The molecule has 1 saturated heterocycles. The molecule has 0 spiro atoms. The molecule has 3 heteroatoms. The van der Waals surface area contributed by atoms with Crippen molar-refractivity contribution in [3.63, 3.8) is 0 Å². The second-order valence-corrected chi connectivity index (χ2v) is 4.34. The van der Waals surface area contributed by atoms with Crippen molar-refractivity contribution in [1.29, 1.82) is 0 Å². The van der Waals surface area contributed by atoms with Gasteiger partial charge in [-0.05, 0) is 38.3 Å². The van der Waals surface area contributed by atoms with E-state index in [1.165, 1.54) is 37.2 Å². The number of rotatable bonds is 2. The Morgan fingerprint density at radius 1 is 1.50 bits per heavy atom. The molecule has 1 aliphatic heterocycles. The number of nitrogens with zero attached hydrogens (tertiary/aromatic N) is 1.